The molecular formula is C13H27NO. The molecule has 1 rings (SSSR count). The first-order valence-corrected chi connectivity index (χ1v) is 6.57. The predicted molar refractivity (Wildman–Crippen MR) is 65.1 cm³/mol. The lowest BCUT2D eigenvalue weighted by atomic mass is 9.72. The van der Waals surface area contributed by atoms with Gasteiger partial charge in [-0.2, -0.15) is 0 Å². The monoisotopic (exact) mass is 213 g/mol. The molecule has 1 heterocycles. The SMILES string of the molecule is CCCNCC1(C(CC)CC)CCOC1. The molecule has 1 N–H and O–H groups in total. The molecule has 0 aromatic heterocycles. The average molecular weight is 213 g/mol. The van der Waals surface area contributed by atoms with Crippen LogP contribution in [0.5, 0.6) is 0 Å². The molecule has 0 amide bonds. The lowest BCUT2D eigenvalue weighted by Crippen LogP contribution is -2.41. The summed E-state index contributed by atoms with van der Waals surface area (Å²) in [6.07, 6.45) is 5.04. The Morgan fingerprint density at radius 1 is 1.27 bits per heavy atom. The molecule has 1 atom stereocenters. The predicted octanol–water partition coefficient (Wildman–Crippen LogP) is 2.83. The van der Waals surface area contributed by atoms with Crippen molar-refractivity contribution in [2.75, 3.05) is 26.3 Å². The summed E-state index contributed by atoms with van der Waals surface area (Å²) in [6.45, 7) is 11.1. The van der Waals surface area contributed by atoms with Crippen LogP contribution in [0.4, 0.5) is 0 Å². The second kappa shape index (κ2) is 6.49. The maximum Gasteiger partial charge on any atom is 0.0538 e. The standard InChI is InChI=1S/C13H27NO/c1-4-8-14-10-13(7-9-15-11-13)12(5-2)6-3/h12,14H,4-11H2,1-3H3. The number of rotatable bonds is 7. The van der Waals surface area contributed by atoms with E-state index < -0.39 is 0 Å². The third-order valence-electron chi connectivity index (χ3n) is 3.89. The molecule has 90 valence electrons. The van der Waals surface area contributed by atoms with Crippen LogP contribution < -0.4 is 5.32 Å². The molecule has 2 heteroatoms. The minimum Gasteiger partial charge on any atom is -0.381 e. The van der Waals surface area contributed by atoms with Gasteiger partial charge in [-0.05, 0) is 25.3 Å². The van der Waals surface area contributed by atoms with E-state index in [1.54, 1.807) is 0 Å². The fourth-order valence-corrected chi connectivity index (χ4v) is 2.90. The minimum atomic E-state index is 0.429. The quantitative estimate of drug-likeness (QED) is 0.657. The van der Waals surface area contributed by atoms with Crippen LogP contribution in [0.2, 0.25) is 0 Å². The van der Waals surface area contributed by atoms with Crippen molar-refractivity contribution in [2.24, 2.45) is 11.3 Å². The van der Waals surface area contributed by atoms with Crippen molar-refractivity contribution >= 4 is 0 Å². The van der Waals surface area contributed by atoms with Crippen molar-refractivity contribution < 1.29 is 4.74 Å². The summed E-state index contributed by atoms with van der Waals surface area (Å²) in [5, 5.41) is 3.59. The number of ether oxygens (including phenoxy) is 1. The van der Waals surface area contributed by atoms with E-state index in [2.05, 4.69) is 26.1 Å². The van der Waals surface area contributed by atoms with Crippen LogP contribution >= 0.6 is 0 Å². The normalized spacial score (nSPS) is 26.4. The van der Waals surface area contributed by atoms with Gasteiger partial charge in [0.25, 0.3) is 0 Å². The molecule has 0 aromatic rings. The summed E-state index contributed by atoms with van der Waals surface area (Å²) in [7, 11) is 0. The van der Waals surface area contributed by atoms with Gasteiger partial charge in [-0.25, -0.2) is 0 Å². The molecule has 1 fully saturated rings. The van der Waals surface area contributed by atoms with E-state index in [0.29, 0.717) is 5.41 Å². The Kier molecular flexibility index (Phi) is 5.62. The first kappa shape index (κ1) is 13.0. The van der Waals surface area contributed by atoms with Gasteiger partial charge < -0.3 is 10.1 Å². The van der Waals surface area contributed by atoms with Crippen LogP contribution in [0.15, 0.2) is 0 Å². The van der Waals surface area contributed by atoms with Gasteiger partial charge in [0.15, 0.2) is 0 Å². The molecule has 1 unspecified atom stereocenters. The molecule has 2 nitrogen and oxygen atoms in total. The zero-order chi connectivity index (χ0) is 11.1. The molecule has 0 spiro atoms. The highest BCUT2D eigenvalue weighted by molar-refractivity contribution is 4.90. The third kappa shape index (κ3) is 3.18. The van der Waals surface area contributed by atoms with E-state index in [-0.39, 0.29) is 0 Å². The van der Waals surface area contributed by atoms with Gasteiger partial charge in [0.05, 0.1) is 6.61 Å². The molecule has 0 aromatic carbocycles. The number of hydrogen-bond acceptors (Lipinski definition) is 2. The van der Waals surface area contributed by atoms with Crippen LogP contribution in [-0.4, -0.2) is 26.3 Å². The maximum absolute atomic E-state index is 5.64. The molecule has 1 aliphatic heterocycles. The molecule has 1 saturated heterocycles. The lowest BCUT2D eigenvalue weighted by Gasteiger charge is -2.35. The van der Waals surface area contributed by atoms with Crippen LogP contribution in [0, 0.1) is 11.3 Å². The van der Waals surface area contributed by atoms with Crippen molar-refractivity contribution in [1.29, 1.82) is 0 Å². The summed E-state index contributed by atoms with van der Waals surface area (Å²) in [5.74, 6) is 0.823. The molecule has 0 bridgehead atoms. The molecule has 0 saturated carbocycles. The van der Waals surface area contributed by atoms with Gasteiger partial charge >= 0.3 is 0 Å². The van der Waals surface area contributed by atoms with Crippen molar-refractivity contribution in [3.63, 3.8) is 0 Å². The minimum absolute atomic E-state index is 0.429. The largest absolute Gasteiger partial charge is 0.381 e. The highest BCUT2D eigenvalue weighted by Gasteiger charge is 2.39. The summed E-state index contributed by atoms with van der Waals surface area (Å²) in [5.41, 5.74) is 0.429. The van der Waals surface area contributed by atoms with Crippen LogP contribution in [0.1, 0.15) is 46.5 Å². The van der Waals surface area contributed by atoms with Crippen molar-refractivity contribution in [3.8, 4) is 0 Å². The van der Waals surface area contributed by atoms with Gasteiger partial charge in [-0.3, -0.25) is 0 Å². The Balaban J connectivity index is 2.52. The molecule has 0 radical (unpaired) electrons. The Labute approximate surface area is 94.8 Å². The van der Waals surface area contributed by atoms with Gasteiger partial charge in [-0.1, -0.05) is 33.6 Å². The van der Waals surface area contributed by atoms with Crippen molar-refractivity contribution in [2.45, 2.75) is 46.5 Å². The number of hydrogen-bond donors (Lipinski definition) is 1. The van der Waals surface area contributed by atoms with Crippen molar-refractivity contribution in [1.82, 2.24) is 5.32 Å². The molecule has 15 heavy (non-hydrogen) atoms. The fraction of sp³-hybridized carbons (Fsp3) is 1.00. The Bertz CT molecular complexity index is 160. The summed E-state index contributed by atoms with van der Waals surface area (Å²) in [6, 6.07) is 0. The van der Waals surface area contributed by atoms with E-state index in [1.807, 2.05) is 0 Å². The zero-order valence-electron chi connectivity index (χ0n) is 10.6. The second-order valence-electron chi connectivity index (χ2n) is 4.86. The smallest absolute Gasteiger partial charge is 0.0538 e. The average Bonchev–Trinajstić information content (AvgIpc) is 2.70. The van der Waals surface area contributed by atoms with Crippen molar-refractivity contribution in [3.05, 3.63) is 0 Å². The van der Waals surface area contributed by atoms with E-state index in [9.17, 15) is 0 Å². The molecule has 1 aliphatic rings. The molecule has 0 aliphatic carbocycles. The van der Waals surface area contributed by atoms with Gasteiger partial charge in [0.1, 0.15) is 0 Å². The topological polar surface area (TPSA) is 21.3 Å². The summed E-state index contributed by atoms with van der Waals surface area (Å²) in [4.78, 5) is 0. The first-order chi connectivity index (χ1) is 7.29. The van der Waals surface area contributed by atoms with E-state index >= 15 is 0 Å². The highest BCUT2D eigenvalue weighted by Crippen LogP contribution is 2.39. The van der Waals surface area contributed by atoms with Crippen LogP contribution in [-0.2, 0) is 4.74 Å². The van der Waals surface area contributed by atoms with Gasteiger partial charge in [0, 0.05) is 18.6 Å². The van der Waals surface area contributed by atoms with Crippen LogP contribution in [0.3, 0.4) is 0 Å². The maximum atomic E-state index is 5.64. The zero-order valence-corrected chi connectivity index (χ0v) is 10.6. The van der Waals surface area contributed by atoms with E-state index in [1.165, 1.54) is 25.7 Å². The summed E-state index contributed by atoms with van der Waals surface area (Å²) < 4.78 is 5.64. The number of nitrogens with one attached hydrogen (secondary N) is 1. The van der Waals surface area contributed by atoms with Gasteiger partial charge in [0.2, 0.25) is 0 Å². The summed E-state index contributed by atoms with van der Waals surface area (Å²) >= 11 is 0. The van der Waals surface area contributed by atoms with E-state index in [4.69, 9.17) is 4.74 Å². The Morgan fingerprint density at radius 2 is 2.00 bits per heavy atom. The Morgan fingerprint density at radius 3 is 2.47 bits per heavy atom. The Hall–Kier alpha value is -0.0800. The first-order valence-electron chi connectivity index (χ1n) is 6.57. The van der Waals surface area contributed by atoms with E-state index in [0.717, 1.165) is 32.2 Å². The van der Waals surface area contributed by atoms with Gasteiger partial charge in [-0.15, -0.1) is 0 Å². The lowest BCUT2D eigenvalue weighted by molar-refractivity contribution is 0.0988. The molecular weight excluding hydrogens is 186 g/mol. The highest BCUT2D eigenvalue weighted by atomic mass is 16.5. The van der Waals surface area contributed by atoms with Crippen LogP contribution in [0.25, 0.3) is 0 Å². The second-order valence-corrected chi connectivity index (χ2v) is 4.86. The third-order valence-corrected chi connectivity index (χ3v) is 3.89. The fourth-order valence-electron chi connectivity index (χ4n) is 2.90.